The van der Waals surface area contributed by atoms with Gasteiger partial charge in [0.15, 0.2) is 0 Å². The summed E-state index contributed by atoms with van der Waals surface area (Å²) >= 11 is 0. The Morgan fingerprint density at radius 1 is 0.522 bits per heavy atom. The SMILES string of the molecule is C=CC=CCCCCCCCCCCCCCCCCCCC. The molecule has 0 fully saturated rings. The Morgan fingerprint density at radius 3 is 1.22 bits per heavy atom. The average molecular weight is 321 g/mol. The maximum Gasteiger partial charge on any atom is -0.0348 e. The first-order valence-electron chi connectivity index (χ1n) is 10.7. The van der Waals surface area contributed by atoms with Crippen LogP contribution in [0.25, 0.3) is 0 Å². The van der Waals surface area contributed by atoms with Crippen LogP contribution in [0.4, 0.5) is 0 Å². The Balaban J connectivity index is 2.97. The number of allylic oxidation sites excluding steroid dienone is 3. The van der Waals surface area contributed by atoms with Gasteiger partial charge in [-0.15, -0.1) is 0 Å². The van der Waals surface area contributed by atoms with Gasteiger partial charge >= 0.3 is 0 Å². The van der Waals surface area contributed by atoms with Crippen LogP contribution in [0.3, 0.4) is 0 Å². The molecular formula is C23H44. The van der Waals surface area contributed by atoms with Crippen LogP contribution in [0.2, 0.25) is 0 Å². The van der Waals surface area contributed by atoms with Gasteiger partial charge in [-0.2, -0.15) is 0 Å². The molecule has 0 aromatic heterocycles. The quantitative estimate of drug-likeness (QED) is 0.165. The highest BCUT2D eigenvalue weighted by Crippen LogP contribution is 2.14. The summed E-state index contributed by atoms with van der Waals surface area (Å²) in [6.45, 7) is 5.99. The Hall–Kier alpha value is -0.520. The van der Waals surface area contributed by atoms with Crippen molar-refractivity contribution in [3.63, 3.8) is 0 Å². The van der Waals surface area contributed by atoms with E-state index in [1.165, 1.54) is 116 Å². The monoisotopic (exact) mass is 320 g/mol. The minimum absolute atomic E-state index is 1.23. The zero-order chi connectivity index (χ0) is 16.8. The van der Waals surface area contributed by atoms with Gasteiger partial charge in [0.05, 0.1) is 0 Å². The molecule has 0 saturated heterocycles. The van der Waals surface area contributed by atoms with E-state index in [1.54, 1.807) is 0 Å². The summed E-state index contributed by atoms with van der Waals surface area (Å²) < 4.78 is 0. The Morgan fingerprint density at radius 2 is 0.870 bits per heavy atom. The molecule has 0 spiro atoms. The van der Waals surface area contributed by atoms with E-state index < -0.39 is 0 Å². The molecule has 0 radical (unpaired) electrons. The van der Waals surface area contributed by atoms with Gasteiger partial charge in [0, 0.05) is 0 Å². The maximum atomic E-state index is 3.69. The van der Waals surface area contributed by atoms with Crippen LogP contribution in [0.1, 0.15) is 122 Å². The van der Waals surface area contributed by atoms with Gasteiger partial charge in [-0.3, -0.25) is 0 Å². The van der Waals surface area contributed by atoms with Gasteiger partial charge in [-0.05, 0) is 12.8 Å². The Kier molecular flexibility index (Phi) is 21.0. The summed E-state index contributed by atoms with van der Waals surface area (Å²) in [4.78, 5) is 0. The summed E-state index contributed by atoms with van der Waals surface area (Å²) in [5, 5.41) is 0. The molecule has 0 aliphatic heterocycles. The molecule has 0 aromatic rings. The first-order chi connectivity index (χ1) is 11.4. The van der Waals surface area contributed by atoms with Crippen molar-refractivity contribution in [1.82, 2.24) is 0 Å². The molecule has 0 aromatic carbocycles. The van der Waals surface area contributed by atoms with E-state index >= 15 is 0 Å². The maximum absolute atomic E-state index is 3.69. The van der Waals surface area contributed by atoms with Gasteiger partial charge in [0.25, 0.3) is 0 Å². The fourth-order valence-corrected chi connectivity index (χ4v) is 3.18. The molecule has 136 valence electrons. The average Bonchev–Trinajstić information content (AvgIpc) is 2.57. The second-order valence-electron chi connectivity index (χ2n) is 7.11. The molecule has 0 bridgehead atoms. The van der Waals surface area contributed by atoms with E-state index in [4.69, 9.17) is 0 Å². The molecule has 0 aliphatic rings. The van der Waals surface area contributed by atoms with Crippen LogP contribution in [0.15, 0.2) is 24.8 Å². The van der Waals surface area contributed by atoms with Gasteiger partial charge in [0.1, 0.15) is 0 Å². The van der Waals surface area contributed by atoms with Crippen molar-refractivity contribution in [2.24, 2.45) is 0 Å². The third-order valence-electron chi connectivity index (χ3n) is 4.75. The van der Waals surface area contributed by atoms with Crippen LogP contribution in [0.5, 0.6) is 0 Å². The molecule has 0 rings (SSSR count). The normalized spacial score (nSPS) is 11.3. The van der Waals surface area contributed by atoms with Crippen LogP contribution in [-0.4, -0.2) is 0 Å². The van der Waals surface area contributed by atoms with E-state index in [2.05, 4.69) is 25.7 Å². The lowest BCUT2D eigenvalue weighted by molar-refractivity contribution is 0.527. The molecule has 0 unspecified atom stereocenters. The topological polar surface area (TPSA) is 0 Å². The Bertz CT molecular complexity index is 238. The number of hydrogen-bond acceptors (Lipinski definition) is 0. The minimum atomic E-state index is 1.23. The molecule has 0 saturated carbocycles. The van der Waals surface area contributed by atoms with E-state index in [0.29, 0.717) is 0 Å². The van der Waals surface area contributed by atoms with Gasteiger partial charge in [-0.25, -0.2) is 0 Å². The number of unbranched alkanes of at least 4 members (excludes halogenated alkanes) is 17. The third-order valence-corrected chi connectivity index (χ3v) is 4.75. The fourth-order valence-electron chi connectivity index (χ4n) is 3.18. The van der Waals surface area contributed by atoms with Crippen molar-refractivity contribution < 1.29 is 0 Å². The van der Waals surface area contributed by atoms with Crippen molar-refractivity contribution in [1.29, 1.82) is 0 Å². The minimum Gasteiger partial charge on any atom is -0.0991 e. The summed E-state index contributed by atoms with van der Waals surface area (Å²) in [6, 6.07) is 0. The van der Waals surface area contributed by atoms with Crippen LogP contribution < -0.4 is 0 Å². The molecule has 0 nitrogen and oxygen atoms in total. The summed E-state index contributed by atoms with van der Waals surface area (Å²) in [7, 11) is 0. The number of hydrogen-bond donors (Lipinski definition) is 0. The molecule has 0 aliphatic carbocycles. The van der Waals surface area contributed by atoms with E-state index in [-0.39, 0.29) is 0 Å². The zero-order valence-electron chi connectivity index (χ0n) is 16.2. The summed E-state index contributed by atoms with van der Waals surface area (Å²) in [6.07, 6.45) is 32.0. The van der Waals surface area contributed by atoms with Crippen molar-refractivity contribution in [2.45, 2.75) is 122 Å². The lowest BCUT2D eigenvalue weighted by Crippen LogP contribution is -1.83. The Labute approximate surface area is 147 Å². The van der Waals surface area contributed by atoms with Crippen LogP contribution in [-0.2, 0) is 0 Å². The second-order valence-corrected chi connectivity index (χ2v) is 7.11. The highest BCUT2D eigenvalue weighted by Gasteiger charge is 1.94. The standard InChI is InChI=1S/C23H44/c1-3-5-7-9-11-13-15-17-19-21-23-22-20-18-16-14-12-10-8-6-4-2/h3,5,7H,1,4,6,8-23H2,2H3. The lowest BCUT2D eigenvalue weighted by Gasteiger charge is -2.03. The second kappa shape index (κ2) is 21.5. The fraction of sp³-hybridized carbons (Fsp3) is 0.826. The van der Waals surface area contributed by atoms with Crippen LogP contribution >= 0.6 is 0 Å². The molecular weight excluding hydrogens is 276 g/mol. The van der Waals surface area contributed by atoms with E-state index in [9.17, 15) is 0 Å². The summed E-state index contributed by atoms with van der Waals surface area (Å²) in [5.74, 6) is 0. The molecule has 0 heteroatoms. The number of rotatable bonds is 19. The molecule has 0 N–H and O–H groups in total. The van der Waals surface area contributed by atoms with Crippen LogP contribution in [0, 0.1) is 0 Å². The van der Waals surface area contributed by atoms with Gasteiger partial charge in [0.2, 0.25) is 0 Å². The summed E-state index contributed by atoms with van der Waals surface area (Å²) in [5.41, 5.74) is 0. The first kappa shape index (κ1) is 22.5. The largest absolute Gasteiger partial charge is 0.0991 e. The third kappa shape index (κ3) is 21.5. The highest BCUT2D eigenvalue weighted by atomic mass is 14.0. The smallest absolute Gasteiger partial charge is 0.0348 e. The van der Waals surface area contributed by atoms with Gasteiger partial charge < -0.3 is 0 Å². The first-order valence-corrected chi connectivity index (χ1v) is 10.7. The van der Waals surface area contributed by atoms with Crippen molar-refractivity contribution in [2.75, 3.05) is 0 Å². The molecule has 0 amide bonds. The molecule has 23 heavy (non-hydrogen) atoms. The molecule has 0 atom stereocenters. The van der Waals surface area contributed by atoms with E-state index in [1.807, 2.05) is 6.08 Å². The van der Waals surface area contributed by atoms with E-state index in [0.717, 1.165) is 0 Å². The molecule has 0 heterocycles. The van der Waals surface area contributed by atoms with Gasteiger partial charge in [-0.1, -0.05) is 134 Å². The van der Waals surface area contributed by atoms with Crippen molar-refractivity contribution >= 4 is 0 Å². The predicted octanol–water partition coefficient (Wildman–Crippen LogP) is 8.77. The van der Waals surface area contributed by atoms with Crippen molar-refractivity contribution in [3.05, 3.63) is 24.8 Å². The highest BCUT2D eigenvalue weighted by molar-refractivity contribution is 4.96. The predicted molar refractivity (Wildman–Crippen MR) is 108 cm³/mol. The zero-order valence-corrected chi connectivity index (χ0v) is 16.2. The lowest BCUT2D eigenvalue weighted by atomic mass is 10.0. The van der Waals surface area contributed by atoms with Crippen molar-refractivity contribution in [3.8, 4) is 0 Å².